The molecule has 0 atom stereocenters. The van der Waals surface area contributed by atoms with Gasteiger partial charge in [0, 0.05) is 17.5 Å². The Kier molecular flexibility index (Phi) is 7.75. The van der Waals surface area contributed by atoms with Gasteiger partial charge in [0.05, 0.1) is 12.8 Å². The van der Waals surface area contributed by atoms with Crippen molar-refractivity contribution in [2.75, 3.05) is 19.0 Å². The molecular formula is C12H18Cl2N2O2. The third-order valence-electron chi connectivity index (χ3n) is 2.36. The van der Waals surface area contributed by atoms with Crippen molar-refractivity contribution in [1.29, 1.82) is 0 Å². The molecule has 0 aliphatic rings. The van der Waals surface area contributed by atoms with Crippen LogP contribution in [-0.4, -0.2) is 19.6 Å². The number of hydrogen-bond donors (Lipinski definition) is 2. The lowest BCUT2D eigenvalue weighted by atomic mass is 10.2. The molecule has 3 N–H and O–H groups in total. The summed E-state index contributed by atoms with van der Waals surface area (Å²) in [5, 5.41) is 3.40. The second-order valence-corrected chi connectivity index (χ2v) is 4.15. The number of methoxy groups -OCH3 is 1. The molecule has 0 aromatic heterocycles. The SMILES string of the molecule is COc1cc(Cl)c(C)cc1NC(=O)CCCN.Cl. The van der Waals surface area contributed by atoms with Gasteiger partial charge in [0.25, 0.3) is 0 Å². The number of amides is 1. The Bertz CT molecular complexity index is 411. The van der Waals surface area contributed by atoms with Gasteiger partial charge in [-0.05, 0) is 31.5 Å². The van der Waals surface area contributed by atoms with Crippen molar-refractivity contribution in [3.8, 4) is 5.75 Å². The number of halogens is 2. The molecule has 4 nitrogen and oxygen atoms in total. The highest BCUT2D eigenvalue weighted by Crippen LogP contribution is 2.30. The van der Waals surface area contributed by atoms with E-state index in [2.05, 4.69) is 5.32 Å². The fourth-order valence-electron chi connectivity index (χ4n) is 1.41. The van der Waals surface area contributed by atoms with Gasteiger partial charge in [-0.15, -0.1) is 12.4 Å². The van der Waals surface area contributed by atoms with E-state index in [0.29, 0.717) is 35.8 Å². The number of ether oxygens (including phenoxy) is 1. The summed E-state index contributed by atoms with van der Waals surface area (Å²) in [5.74, 6) is 0.483. The number of anilines is 1. The molecule has 0 spiro atoms. The number of carbonyl (C=O) groups is 1. The molecule has 0 saturated carbocycles. The standard InChI is InChI=1S/C12H17ClN2O2.ClH/c1-8-6-10(11(17-2)7-9(8)13)15-12(16)4-3-5-14;/h6-7H,3-5,14H2,1-2H3,(H,15,16);1H. The Labute approximate surface area is 118 Å². The van der Waals surface area contributed by atoms with Crippen LogP contribution in [0.5, 0.6) is 5.75 Å². The number of carbonyl (C=O) groups excluding carboxylic acids is 1. The van der Waals surface area contributed by atoms with Gasteiger partial charge in [-0.25, -0.2) is 0 Å². The third kappa shape index (κ3) is 4.72. The summed E-state index contributed by atoms with van der Waals surface area (Å²) in [6.07, 6.45) is 1.07. The molecule has 0 unspecified atom stereocenters. The first-order valence-electron chi connectivity index (χ1n) is 5.42. The van der Waals surface area contributed by atoms with E-state index in [0.717, 1.165) is 5.56 Å². The Morgan fingerprint density at radius 2 is 2.17 bits per heavy atom. The summed E-state index contributed by atoms with van der Waals surface area (Å²) in [7, 11) is 1.54. The van der Waals surface area contributed by atoms with Gasteiger partial charge in [-0.2, -0.15) is 0 Å². The van der Waals surface area contributed by atoms with E-state index >= 15 is 0 Å². The first-order valence-corrected chi connectivity index (χ1v) is 5.80. The summed E-state index contributed by atoms with van der Waals surface area (Å²) in [4.78, 5) is 11.6. The van der Waals surface area contributed by atoms with Crippen LogP contribution in [0.4, 0.5) is 5.69 Å². The van der Waals surface area contributed by atoms with Crippen LogP contribution in [-0.2, 0) is 4.79 Å². The summed E-state index contributed by atoms with van der Waals surface area (Å²) in [6.45, 7) is 2.38. The minimum Gasteiger partial charge on any atom is -0.495 e. The molecule has 1 aromatic rings. The van der Waals surface area contributed by atoms with Crippen LogP contribution in [0.25, 0.3) is 0 Å². The number of nitrogens with two attached hydrogens (primary N) is 1. The van der Waals surface area contributed by atoms with Gasteiger partial charge in [0.2, 0.25) is 5.91 Å². The van der Waals surface area contributed by atoms with Crippen LogP contribution in [0.15, 0.2) is 12.1 Å². The average Bonchev–Trinajstić information content (AvgIpc) is 2.31. The first-order chi connectivity index (χ1) is 8.08. The summed E-state index contributed by atoms with van der Waals surface area (Å²) < 4.78 is 5.16. The second kappa shape index (κ2) is 8.19. The van der Waals surface area contributed by atoms with Crippen LogP contribution in [0.2, 0.25) is 5.02 Å². The maximum absolute atomic E-state index is 11.6. The van der Waals surface area contributed by atoms with Crippen LogP contribution in [0.3, 0.4) is 0 Å². The smallest absolute Gasteiger partial charge is 0.224 e. The molecule has 0 fully saturated rings. The number of rotatable bonds is 5. The van der Waals surface area contributed by atoms with Crippen molar-refractivity contribution in [1.82, 2.24) is 0 Å². The largest absolute Gasteiger partial charge is 0.495 e. The molecule has 0 bridgehead atoms. The molecule has 0 saturated heterocycles. The van der Waals surface area contributed by atoms with Crippen molar-refractivity contribution < 1.29 is 9.53 Å². The minimum atomic E-state index is -0.0736. The molecule has 0 aliphatic heterocycles. The molecular weight excluding hydrogens is 275 g/mol. The Morgan fingerprint density at radius 1 is 1.50 bits per heavy atom. The molecule has 1 aromatic carbocycles. The predicted octanol–water partition coefficient (Wildman–Crippen LogP) is 2.76. The molecule has 18 heavy (non-hydrogen) atoms. The van der Waals surface area contributed by atoms with Gasteiger partial charge >= 0.3 is 0 Å². The highest BCUT2D eigenvalue weighted by Gasteiger charge is 2.09. The molecule has 0 radical (unpaired) electrons. The zero-order valence-corrected chi connectivity index (χ0v) is 12.0. The molecule has 0 heterocycles. The molecule has 1 rings (SSSR count). The van der Waals surface area contributed by atoms with Crippen LogP contribution in [0.1, 0.15) is 18.4 Å². The van der Waals surface area contributed by atoms with Gasteiger partial charge < -0.3 is 15.8 Å². The van der Waals surface area contributed by atoms with E-state index in [9.17, 15) is 4.79 Å². The van der Waals surface area contributed by atoms with Crippen molar-refractivity contribution in [2.24, 2.45) is 5.73 Å². The highest BCUT2D eigenvalue weighted by molar-refractivity contribution is 6.31. The number of benzene rings is 1. The van der Waals surface area contributed by atoms with Gasteiger partial charge in [0.15, 0.2) is 0 Å². The van der Waals surface area contributed by atoms with E-state index < -0.39 is 0 Å². The monoisotopic (exact) mass is 292 g/mol. The predicted molar refractivity (Wildman–Crippen MR) is 76.9 cm³/mol. The zero-order valence-electron chi connectivity index (χ0n) is 10.5. The first kappa shape index (κ1) is 17.0. The number of aryl methyl sites for hydroxylation is 1. The Morgan fingerprint density at radius 3 is 2.72 bits per heavy atom. The average molecular weight is 293 g/mol. The van der Waals surface area contributed by atoms with E-state index in [1.807, 2.05) is 6.92 Å². The molecule has 1 amide bonds. The fourth-order valence-corrected chi connectivity index (χ4v) is 1.56. The second-order valence-electron chi connectivity index (χ2n) is 3.74. The summed E-state index contributed by atoms with van der Waals surface area (Å²) >= 11 is 5.98. The van der Waals surface area contributed by atoms with Gasteiger partial charge in [0.1, 0.15) is 5.75 Å². The normalized spacial score (nSPS) is 9.56. The van der Waals surface area contributed by atoms with Crippen LogP contribution < -0.4 is 15.8 Å². The topological polar surface area (TPSA) is 64.3 Å². The van der Waals surface area contributed by atoms with Crippen LogP contribution >= 0.6 is 24.0 Å². The Hall–Kier alpha value is -0.970. The van der Waals surface area contributed by atoms with E-state index in [4.69, 9.17) is 22.1 Å². The highest BCUT2D eigenvalue weighted by atomic mass is 35.5. The van der Waals surface area contributed by atoms with E-state index in [1.165, 1.54) is 7.11 Å². The van der Waals surface area contributed by atoms with Crippen molar-refractivity contribution in [3.05, 3.63) is 22.7 Å². The molecule has 0 aliphatic carbocycles. The van der Waals surface area contributed by atoms with Crippen molar-refractivity contribution >= 4 is 35.6 Å². The number of nitrogens with one attached hydrogen (secondary N) is 1. The molecule has 6 heteroatoms. The maximum Gasteiger partial charge on any atom is 0.224 e. The quantitative estimate of drug-likeness (QED) is 0.877. The van der Waals surface area contributed by atoms with Crippen LogP contribution in [0, 0.1) is 6.92 Å². The zero-order chi connectivity index (χ0) is 12.8. The van der Waals surface area contributed by atoms with Crippen molar-refractivity contribution in [3.63, 3.8) is 0 Å². The minimum absolute atomic E-state index is 0. The third-order valence-corrected chi connectivity index (χ3v) is 2.77. The lowest BCUT2D eigenvalue weighted by molar-refractivity contribution is -0.116. The van der Waals surface area contributed by atoms with Gasteiger partial charge in [-0.1, -0.05) is 11.6 Å². The Balaban J connectivity index is 0.00000289. The van der Waals surface area contributed by atoms with Gasteiger partial charge in [-0.3, -0.25) is 4.79 Å². The summed E-state index contributed by atoms with van der Waals surface area (Å²) in [6, 6.07) is 3.48. The van der Waals surface area contributed by atoms with E-state index in [-0.39, 0.29) is 18.3 Å². The number of hydrogen-bond acceptors (Lipinski definition) is 3. The lowest BCUT2D eigenvalue weighted by Crippen LogP contribution is -2.14. The van der Waals surface area contributed by atoms with E-state index in [1.54, 1.807) is 12.1 Å². The van der Waals surface area contributed by atoms with Crippen molar-refractivity contribution in [2.45, 2.75) is 19.8 Å². The molecule has 102 valence electrons. The fraction of sp³-hybridized carbons (Fsp3) is 0.417. The summed E-state index contributed by atoms with van der Waals surface area (Å²) in [5.41, 5.74) is 6.87. The lowest BCUT2D eigenvalue weighted by Gasteiger charge is -2.12. The maximum atomic E-state index is 11.6.